The number of benzene rings is 1. The average molecular weight is 394 g/mol. The number of halogens is 1. The number of aliphatic hydroxyl groups excluding tert-OH is 1. The third-order valence-electron chi connectivity index (χ3n) is 6.02. The fourth-order valence-corrected chi connectivity index (χ4v) is 4.37. The number of aromatic nitrogens is 2. The van der Waals surface area contributed by atoms with Crippen LogP contribution < -0.4 is 5.32 Å². The zero-order chi connectivity index (χ0) is 20.8. The van der Waals surface area contributed by atoms with Crippen molar-refractivity contribution in [1.29, 1.82) is 5.26 Å². The minimum atomic E-state index is -0.546. The molecule has 1 fully saturated rings. The lowest BCUT2D eigenvalue weighted by Gasteiger charge is -2.28. The summed E-state index contributed by atoms with van der Waals surface area (Å²) in [7, 11) is 0. The molecule has 0 radical (unpaired) electrons. The molecule has 6 heteroatoms. The van der Waals surface area contributed by atoms with E-state index < -0.39 is 5.82 Å². The molecule has 0 atom stereocenters. The maximum Gasteiger partial charge on any atom is 0.145 e. The van der Waals surface area contributed by atoms with E-state index in [1.165, 1.54) is 6.07 Å². The largest absolute Gasteiger partial charge is 0.393 e. The number of fused-ring (bicyclic) bond motifs is 1. The van der Waals surface area contributed by atoms with Crippen LogP contribution in [0.15, 0.2) is 18.2 Å². The molecular weight excluding hydrogens is 367 g/mol. The van der Waals surface area contributed by atoms with Gasteiger partial charge in [0.25, 0.3) is 0 Å². The number of anilines is 1. The highest BCUT2D eigenvalue weighted by atomic mass is 19.1. The van der Waals surface area contributed by atoms with Crippen LogP contribution >= 0.6 is 0 Å². The monoisotopic (exact) mass is 394 g/mol. The van der Waals surface area contributed by atoms with Crippen LogP contribution in [-0.4, -0.2) is 27.0 Å². The van der Waals surface area contributed by atoms with Crippen molar-refractivity contribution in [3.8, 4) is 11.8 Å². The molecule has 0 aliphatic heterocycles. The molecule has 2 aliphatic carbocycles. The van der Waals surface area contributed by atoms with Crippen molar-refractivity contribution in [3.05, 3.63) is 46.5 Å². The van der Waals surface area contributed by atoms with Gasteiger partial charge in [0, 0.05) is 17.7 Å². The summed E-state index contributed by atoms with van der Waals surface area (Å²) in [5.41, 5.74) is 4.21. The number of nitrogens with one attached hydrogen (secondary N) is 1. The van der Waals surface area contributed by atoms with Gasteiger partial charge in [0.1, 0.15) is 17.4 Å². The third-order valence-corrected chi connectivity index (χ3v) is 6.02. The van der Waals surface area contributed by atoms with Crippen LogP contribution in [0.25, 0.3) is 11.8 Å². The molecule has 0 bridgehead atoms. The summed E-state index contributed by atoms with van der Waals surface area (Å²) in [4.78, 5) is 0. The summed E-state index contributed by atoms with van der Waals surface area (Å²) in [6, 6.07) is 5.33. The summed E-state index contributed by atoms with van der Waals surface area (Å²) in [6.45, 7) is 6.30. The number of aryl methyl sites for hydroxylation is 1. The van der Waals surface area contributed by atoms with E-state index in [0.29, 0.717) is 11.4 Å². The molecule has 5 nitrogen and oxygen atoms in total. The summed E-state index contributed by atoms with van der Waals surface area (Å²) in [6.07, 6.45) is 7.87. The highest BCUT2D eigenvalue weighted by Gasteiger charge is 2.27. The molecular formula is C23H27FN4O. The molecule has 2 aliphatic rings. The number of hydrogen-bond donors (Lipinski definition) is 2. The maximum absolute atomic E-state index is 14.8. The maximum atomic E-state index is 14.8. The molecule has 152 valence electrons. The van der Waals surface area contributed by atoms with E-state index in [4.69, 9.17) is 0 Å². The molecule has 1 heterocycles. The molecule has 1 aromatic heterocycles. The topological polar surface area (TPSA) is 73.9 Å². The second-order valence-electron chi connectivity index (χ2n) is 8.97. The van der Waals surface area contributed by atoms with Gasteiger partial charge in [-0.3, -0.25) is 0 Å². The highest BCUT2D eigenvalue weighted by molar-refractivity contribution is 5.65. The van der Waals surface area contributed by atoms with Crippen LogP contribution in [0.4, 0.5) is 10.1 Å². The summed E-state index contributed by atoms with van der Waals surface area (Å²) in [5, 5.41) is 27.2. The highest BCUT2D eigenvalue weighted by Crippen LogP contribution is 2.35. The van der Waals surface area contributed by atoms with Crippen LogP contribution in [0.3, 0.4) is 0 Å². The molecule has 1 aromatic carbocycles. The third kappa shape index (κ3) is 3.79. The zero-order valence-electron chi connectivity index (χ0n) is 17.2. The lowest BCUT2D eigenvalue weighted by Crippen LogP contribution is -2.28. The minimum absolute atomic E-state index is 0.00632. The van der Waals surface area contributed by atoms with Crippen LogP contribution in [0.5, 0.6) is 0 Å². The number of nitriles is 1. The number of allylic oxidation sites excluding steroid dienone is 1. The van der Waals surface area contributed by atoms with Crippen molar-refractivity contribution in [1.82, 2.24) is 9.78 Å². The fraction of sp³-hybridized carbons (Fsp3) is 0.478. The lowest BCUT2D eigenvalue weighted by atomic mass is 9.82. The quantitative estimate of drug-likeness (QED) is 0.804. The first-order valence-corrected chi connectivity index (χ1v) is 10.2. The molecule has 1 saturated carbocycles. The van der Waals surface area contributed by atoms with E-state index in [9.17, 15) is 14.8 Å². The van der Waals surface area contributed by atoms with Gasteiger partial charge in [-0.1, -0.05) is 26.0 Å². The Morgan fingerprint density at radius 3 is 2.69 bits per heavy atom. The van der Waals surface area contributed by atoms with Crippen molar-refractivity contribution >= 4 is 11.8 Å². The Morgan fingerprint density at radius 2 is 2.00 bits per heavy atom. The van der Waals surface area contributed by atoms with Gasteiger partial charge in [-0.25, -0.2) is 9.07 Å². The Kier molecular flexibility index (Phi) is 4.95. The Bertz CT molecular complexity index is 1010. The molecule has 0 amide bonds. The van der Waals surface area contributed by atoms with Crippen LogP contribution in [-0.2, 0) is 6.42 Å². The van der Waals surface area contributed by atoms with Crippen LogP contribution in [0.2, 0.25) is 0 Å². The summed E-state index contributed by atoms with van der Waals surface area (Å²) in [5.74, 6) is -0.546. The van der Waals surface area contributed by atoms with Gasteiger partial charge in [-0.2, -0.15) is 10.4 Å². The normalized spacial score (nSPS) is 22.8. The second kappa shape index (κ2) is 7.31. The fourth-order valence-electron chi connectivity index (χ4n) is 4.37. The standard InChI is InChI=1S/C23H27FN4O/c1-14-18-8-9-23(2,3)12-22(18)28(27-14)16-10-20(24)19(13-25)21(11-16)26-15-4-6-17(29)7-5-15/h8-11,15,17,26,29H,4-7,12H2,1-3H3/t15-,17-. The van der Waals surface area contributed by atoms with E-state index >= 15 is 0 Å². The van der Waals surface area contributed by atoms with Crippen LogP contribution in [0.1, 0.15) is 62.0 Å². The molecule has 2 aromatic rings. The van der Waals surface area contributed by atoms with Crippen molar-refractivity contribution in [2.24, 2.45) is 5.41 Å². The van der Waals surface area contributed by atoms with E-state index in [1.807, 2.05) is 23.7 Å². The van der Waals surface area contributed by atoms with Gasteiger partial charge in [0.15, 0.2) is 0 Å². The van der Waals surface area contributed by atoms with Crippen molar-refractivity contribution in [2.75, 3.05) is 5.32 Å². The van der Waals surface area contributed by atoms with E-state index in [1.54, 1.807) is 0 Å². The number of rotatable bonds is 3. The van der Waals surface area contributed by atoms with Gasteiger partial charge in [-0.15, -0.1) is 0 Å². The van der Waals surface area contributed by atoms with Gasteiger partial charge < -0.3 is 10.4 Å². The molecule has 4 rings (SSSR count). The summed E-state index contributed by atoms with van der Waals surface area (Å²) < 4.78 is 16.7. The van der Waals surface area contributed by atoms with E-state index in [-0.39, 0.29) is 23.1 Å². The first kappa shape index (κ1) is 19.7. The Morgan fingerprint density at radius 1 is 1.28 bits per heavy atom. The van der Waals surface area contributed by atoms with Crippen LogP contribution in [0, 0.1) is 29.5 Å². The van der Waals surface area contributed by atoms with Crippen molar-refractivity contribution in [2.45, 2.75) is 65.0 Å². The minimum Gasteiger partial charge on any atom is -0.393 e. The van der Waals surface area contributed by atoms with Gasteiger partial charge in [0.2, 0.25) is 0 Å². The molecule has 29 heavy (non-hydrogen) atoms. The molecule has 0 saturated heterocycles. The smallest absolute Gasteiger partial charge is 0.145 e. The van der Waals surface area contributed by atoms with Gasteiger partial charge in [0.05, 0.1) is 28.9 Å². The molecule has 0 unspecified atom stereocenters. The zero-order valence-corrected chi connectivity index (χ0v) is 17.2. The van der Waals surface area contributed by atoms with E-state index in [0.717, 1.165) is 49.1 Å². The Hall–Kier alpha value is -2.65. The number of hydrogen-bond acceptors (Lipinski definition) is 4. The Labute approximate surface area is 170 Å². The Balaban J connectivity index is 1.74. The molecule has 0 spiro atoms. The molecule has 2 N–H and O–H groups in total. The van der Waals surface area contributed by atoms with Gasteiger partial charge in [-0.05, 0) is 50.5 Å². The first-order chi connectivity index (χ1) is 13.8. The average Bonchev–Trinajstić information content (AvgIpc) is 2.98. The van der Waals surface area contributed by atoms with E-state index in [2.05, 4.69) is 36.4 Å². The predicted octanol–water partition coefficient (Wildman–Crippen LogP) is 4.50. The number of aliphatic hydroxyl groups is 1. The SMILES string of the molecule is Cc1nn(-c2cc(F)c(C#N)c(N[C@H]3CC[C@H](O)CC3)c2)c2c1C=CC(C)(C)C2. The second-order valence-corrected chi connectivity index (χ2v) is 8.97. The summed E-state index contributed by atoms with van der Waals surface area (Å²) >= 11 is 0. The van der Waals surface area contributed by atoms with Crippen molar-refractivity contribution in [3.63, 3.8) is 0 Å². The number of nitrogens with zero attached hydrogens (tertiary/aromatic N) is 3. The lowest BCUT2D eigenvalue weighted by molar-refractivity contribution is 0.126. The first-order valence-electron chi connectivity index (χ1n) is 10.2. The van der Waals surface area contributed by atoms with Gasteiger partial charge >= 0.3 is 0 Å². The predicted molar refractivity (Wildman–Crippen MR) is 111 cm³/mol. The van der Waals surface area contributed by atoms with Crippen molar-refractivity contribution < 1.29 is 9.50 Å².